The van der Waals surface area contributed by atoms with Crippen molar-refractivity contribution in [2.24, 2.45) is 0 Å². The molecule has 1 aliphatic rings. The zero-order valence-electron chi connectivity index (χ0n) is 17.2. The summed E-state index contributed by atoms with van der Waals surface area (Å²) in [4.78, 5) is 25.8. The van der Waals surface area contributed by atoms with Crippen LogP contribution in [0.4, 0.5) is 5.82 Å². The molecular weight excluding hydrogens is 362 g/mol. The Hall–Kier alpha value is -3.21. The highest BCUT2D eigenvalue weighted by molar-refractivity contribution is 6.08. The molecule has 2 heterocycles. The topological polar surface area (TPSA) is 64.0 Å². The van der Waals surface area contributed by atoms with Gasteiger partial charge in [-0.2, -0.15) is 5.10 Å². The minimum Gasteiger partial charge on any atom is -0.310 e. The van der Waals surface area contributed by atoms with Crippen LogP contribution in [0, 0.1) is 20.8 Å². The minimum atomic E-state index is -0.522. The molecule has 29 heavy (non-hydrogen) atoms. The lowest BCUT2D eigenvalue weighted by Gasteiger charge is -2.23. The Bertz CT molecular complexity index is 1090. The quantitative estimate of drug-likeness (QED) is 0.662. The van der Waals surface area contributed by atoms with E-state index in [2.05, 4.69) is 23.4 Å². The van der Waals surface area contributed by atoms with E-state index in [9.17, 15) is 9.59 Å². The Morgan fingerprint density at radius 3 is 2.38 bits per heavy atom. The van der Waals surface area contributed by atoms with E-state index in [1.165, 1.54) is 5.56 Å². The highest BCUT2D eigenvalue weighted by Crippen LogP contribution is 2.38. The van der Waals surface area contributed by atoms with Gasteiger partial charge in [0.25, 0.3) is 0 Å². The molecule has 0 radical (unpaired) electrons. The van der Waals surface area contributed by atoms with Crippen molar-refractivity contribution in [1.29, 1.82) is 0 Å². The summed E-state index contributed by atoms with van der Waals surface area (Å²) in [6.45, 7) is 8.05. The van der Waals surface area contributed by atoms with Crippen molar-refractivity contribution in [3.8, 4) is 5.69 Å². The normalized spacial score (nSPS) is 15.7. The number of carbonyl (C=O) groups excluding carboxylic acids is 2. The SMILES string of the molecule is CCc1ccc(C(=O)[C@@H]2CC(=O)Nc3c2c(C)nn3-c2cc(C)cc(C)c2)cc1. The van der Waals surface area contributed by atoms with Gasteiger partial charge in [0.05, 0.1) is 17.3 Å². The van der Waals surface area contributed by atoms with Crippen LogP contribution in [0.1, 0.15) is 57.6 Å². The number of carbonyl (C=O) groups is 2. The summed E-state index contributed by atoms with van der Waals surface area (Å²) in [5, 5.41) is 7.63. The average Bonchev–Trinajstić information content (AvgIpc) is 3.02. The molecule has 0 fully saturated rings. The Kier molecular flexibility index (Phi) is 4.82. The molecule has 0 bridgehead atoms. The number of rotatable bonds is 4. The number of aryl methyl sites for hydroxylation is 4. The van der Waals surface area contributed by atoms with Gasteiger partial charge in [0.1, 0.15) is 5.82 Å². The zero-order valence-corrected chi connectivity index (χ0v) is 17.2. The van der Waals surface area contributed by atoms with Crippen LogP contribution in [0.15, 0.2) is 42.5 Å². The average molecular weight is 387 g/mol. The van der Waals surface area contributed by atoms with Crippen molar-refractivity contribution in [2.75, 3.05) is 5.32 Å². The fourth-order valence-corrected chi connectivity index (χ4v) is 4.14. The minimum absolute atomic E-state index is 0.0353. The zero-order chi connectivity index (χ0) is 20.7. The Labute approximate surface area is 170 Å². The number of anilines is 1. The highest BCUT2D eigenvalue weighted by atomic mass is 16.2. The van der Waals surface area contributed by atoms with E-state index < -0.39 is 5.92 Å². The van der Waals surface area contributed by atoms with Crippen LogP contribution in [-0.2, 0) is 11.2 Å². The first-order valence-electron chi connectivity index (χ1n) is 9.98. The maximum atomic E-state index is 13.3. The number of nitrogens with one attached hydrogen (secondary N) is 1. The predicted octanol–water partition coefficient (Wildman–Crippen LogP) is 4.67. The van der Waals surface area contributed by atoms with Gasteiger partial charge in [-0.25, -0.2) is 4.68 Å². The number of ketones is 1. The van der Waals surface area contributed by atoms with Crippen molar-refractivity contribution in [2.45, 2.75) is 46.5 Å². The lowest BCUT2D eigenvalue weighted by Crippen LogP contribution is -2.28. The summed E-state index contributed by atoms with van der Waals surface area (Å²) >= 11 is 0. The van der Waals surface area contributed by atoms with E-state index in [0.29, 0.717) is 11.4 Å². The van der Waals surface area contributed by atoms with Crippen LogP contribution in [0.2, 0.25) is 0 Å². The first-order valence-corrected chi connectivity index (χ1v) is 9.98. The van der Waals surface area contributed by atoms with E-state index >= 15 is 0 Å². The predicted molar refractivity (Wildman–Crippen MR) is 114 cm³/mol. The van der Waals surface area contributed by atoms with Crippen molar-refractivity contribution in [1.82, 2.24) is 9.78 Å². The molecule has 3 aromatic rings. The second kappa shape index (κ2) is 7.32. The third-order valence-corrected chi connectivity index (χ3v) is 5.52. The number of Topliss-reactive ketones (excluding diaryl/α,β-unsaturated/α-hetero) is 1. The van der Waals surface area contributed by atoms with Crippen LogP contribution < -0.4 is 5.32 Å². The first kappa shape index (κ1) is 19.1. The number of fused-ring (bicyclic) bond motifs is 1. The van der Waals surface area contributed by atoms with E-state index in [-0.39, 0.29) is 18.1 Å². The van der Waals surface area contributed by atoms with E-state index in [1.807, 2.05) is 57.2 Å². The summed E-state index contributed by atoms with van der Waals surface area (Å²) in [5.41, 5.74) is 6.51. The number of aromatic nitrogens is 2. The van der Waals surface area contributed by atoms with Crippen LogP contribution in [0.5, 0.6) is 0 Å². The van der Waals surface area contributed by atoms with E-state index in [1.54, 1.807) is 4.68 Å². The van der Waals surface area contributed by atoms with E-state index in [4.69, 9.17) is 0 Å². The van der Waals surface area contributed by atoms with Crippen molar-refractivity contribution in [3.05, 3.63) is 76.0 Å². The molecule has 1 aromatic heterocycles. The smallest absolute Gasteiger partial charge is 0.226 e. The van der Waals surface area contributed by atoms with Gasteiger partial charge in [-0.15, -0.1) is 0 Å². The second-order valence-electron chi connectivity index (χ2n) is 7.83. The molecule has 1 amide bonds. The largest absolute Gasteiger partial charge is 0.310 e. The van der Waals surface area contributed by atoms with Gasteiger partial charge >= 0.3 is 0 Å². The summed E-state index contributed by atoms with van der Waals surface area (Å²) in [5.74, 6) is -0.114. The van der Waals surface area contributed by atoms with Gasteiger partial charge in [-0.3, -0.25) is 9.59 Å². The molecule has 0 saturated heterocycles. The molecule has 0 spiro atoms. The molecule has 1 N–H and O–H groups in total. The summed E-state index contributed by atoms with van der Waals surface area (Å²) in [6, 6.07) is 13.8. The molecular formula is C24H25N3O2. The van der Waals surface area contributed by atoms with Gasteiger partial charge in [0.15, 0.2) is 5.78 Å². The Morgan fingerprint density at radius 2 is 1.76 bits per heavy atom. The maximum Gasteiger partial charge on any atom is 0.226 e. The van der Waals surface area contributed by atoms with Crippen LogP contribution in [0.25, 0.3) is 5.69 Å². The number of benzene rings is 2. The molecule has 1 aliphatic heterocycles. The number of hydrogen-bond acceptors (Lipinski definition) is 3. The van der Waals surface area contributed by atoms with Crippen LogP contribution >= 0.6 is 0 Å². The molecule has 0 unspecified atom stereocenters. The molecule has 148 valence electrons. The third-order valence-electron chi connectivity index (χ3n) is 5.52. The highest BCUT2D eigenvalue weighted by Gasteiger charge is 2.36. The summed E-state index contributed by atoms with van der Waals surface area (Å²) < 4.78 is 1.75. The van der Waals surface area contributed by atoms with Crippen LogP contribution in [-0.4, -0.2) is 21.5 Å². The Balaban J connectivity index is 1.80. The standard InChI is InChI=1S/C24H25N3O2/c1-5-17-6-8-18(9-7-17)23(29)20-13-21(28)25-24-22(20)16(4)26-27(24)19-11-14(2)10-15(3)12-19/h6-12,20H,5,13H2,1-4H3,(H,25,28)/t20-/m1/s1. The van der Waals surface area contributed by atoms with Gasteiger partial charge in [-0.1, -0.05) is 37.3 Å². The maximum absolute atomic E-state index is 13.3. The summed E-state index contributed by atoms with van der Waals surface area (Å²) in [7, 11) is 0. The number of hydrogen-bond donors (Lipinski definition) is 1. The third kappa shape index (κ3) is 3.48. The summed E-state index contributed by atoms with van der Waals surface area (Å²) in [6.07, 6.45) is 1.06. The molecule has 0 aliphatic carbocycles. The molecule has 5 nitrogen and oxygen atoms in total. The van der Waals surface area contributed by atoms with Crippen molar-refractivity contribution < 1.29 is 9.59 Å². The first-order chi connectivity index (χ1) is 13.9. The Morgan fingerprint density at radius 1 is 1.10 bits per heavy atom. The second-order valence-corrected chi connectivity index (χ2v) is 7.83. The molecule has 5 heteroatoms. The fraction of sp³-hybridized carbons (Fsp3) is 0.292. The fourth-order valence-electron chi connectivity index (χ4n) is 4.14. The number of amides is 1. The lowest BCUT2D eigenvalue weighted by molar-refractivity contribution is -0.116. The number of nitrogens with zero attached hydrogens (tertiary/aromatic N) is 2. The molecule has 1 atom stereocenters. The van der Waals surface area contributed by atoms with Gasteiger partial charge in [0.2, 0.25) is 5.91 Å². The van der Waals surface area contributed by atoms with Crippen molar-refractivity contribution >= 4 is 17.5 Å². The van der Waals surface area contributed by atoms with Gasteiger partial charge in [0, 0.05) is 17.5 Å². The molecule has 2 aromatic carbocycles. The lowest BCUT2D eigenvalue weighted by atomic mass is 9.85. The van der Waals surface area contributed by atoms with Crippen LogP contribution in [0.3, 0.4) is 0 Å². The van der Waals surface area contributed by atoms with Gasteiger partial charge < -0.3 is 5.32 Å². The van der Waals surface area contributed by atoms with E-state index in [0.717, 1.165) is 34.5 Å². The molecule has 0 saturated carbocycles. The van der Waals surface area contributed by atoms with Crippen molar-refractivity contribution in [3.63, 3.8) is 0 Å². The van der Waals surface area contributed by atoms with Gasteiger partial charge in [-0.05, 0) is 56.0 Å². The molecule has 4 rings (SSSR count). The monoisotopic (exact) mass is 387 g/mol.